The van der Waals surface area contributed by atoms with Crippen LogP contribution in [0.5, 0.6) is 0 Å². The maximum absolute atomic E-state index is 12.9. The molecule has 0 aliphatic carbocycles. The first kappa shape index (κ1) is 18.9. The number of nitrogens with zero attached hydrogens (tertiary/aromatic N) is 2. The lowest BCUT2D eigenvalue weighted by Gasteiger charge is -2.17. The Kier molecular flexibility index (Phi) is 4.67. The molecule has 5 nitrogen and oxygen atoms in total. The number of nitrogens with one attached hydrogen (secondary N) is 1. The van der Waals surface area contributed by atoms with Crippen LogP contribution in [0.15, 0.2) is 41.1 Å². The minimum Gasteiger partial charge on any atom is -0.436 e. The van der Waals surface area contributed by atoms with E-state index in [1.807, 2.05) is 20.8 Å². The van der Waals surface area contributed by atoms with Gasteiger partial charge in [0.25, 0.3) is 0 Å². The fourth-order valence-corrected chi connectivity index (χ4v) is 2.58. The van der Waals surface area contributed by atoms with Crippen LogP contribution in [-0.4, -0.2) is 15.9 Å². The number of hydrogen-bond acceptors (Lipinski definition) is 4. The zero-order chi connectivity index (χ0) is 19.8. The van der Waals surface area contributed by atoms with Crippen molar-refractivity contribution in [1.82, 2.24) is 9.97 Å². The Morgan fingerprint density at radius 1 is 1.19 bits per heavy atom. The third-order valence-corrected chi connectivity index (χ3v) is 3.73. The van der Waals surface area contributed by atoms with Crippen LogP contribution in [-0.2, 0) is 11.0 Å². The van der Waals surface area contributed by atoms with Crippen LogP contribution >= 0.6 is 0 Å². The van der Waals surface area contributed by atoms with Gasteiger partial charge in [-0.15, -0.1) is 0 Å². The van der Waals surface area contributed by atoms with E-state index < -0.39 is 11.7 Å². The molecule has 1 amide bonds. The van der Waals surface area contributed by atoms with E-state index in [1.54, 1.807) is 6.07 Å². The third-order valence-electron chi connectivity index (χ3n) is 3.73. The summed E-state index contributed by atoms with van der Waals surface area (Å²) in [7, 11) is 0. The molecule has 8 heteroatoms. The molecule has 142 valence electrons. The third kappa shape index (κ3) is 4.45. The van der Waals surface area contributed by atoms with Crippen LogP contribution in [0.25, 0.3) is 22.6 Å². The van der Waals surface area contributed by atoms with Gasteiger partial charge in [0.15, 0.2) is 5.58 Å². The minimum absolute atomic E-state index is 0.0867. The van der Waals surface area contributed by atoms with Crippen molar-refractivity contribution in [2.45, 2.75) is 33.4 Å². The lowest BCUT2D eigenvalue weighted by molar-refractivity contribution is -0.137. The summed E-state index contributed by atoms with van der Waals surface area (Å²) in [6, 6.07) is 4.69. The van der Waals surface area contributed by atoms with Gasteiger partial charge in [-0.05, 0) is 29.7 Å². The maximum Gasteiger partial charge on any atom is 0.416 e. The van der Waals surface area contributed by atoms with Gasteiger partial charge in [-0.25, -0.2) is 4.98 Å². The second kappa shape index (κ2) is 6.68. The van der Waals surface area contributed by atoms with Crippen LogP contribution in [0.2, 0.25) is 0 Å². The normalized spacial score (nSPS) is 12.4. The van der Waals surface area contributed by atoms with E-state index >= 15 is 0 Å². The molecular weight excluding hydrogens is 359 g/mol. The summed E-state index contributed by atoms with van der Waals surface area (Å²) in [5, 5.41) is 2.76. The number of aromatic nitrogens is 2. The Labute approximate surface area is 153 Å². The van der Waals surface area contributed by atoms with Gasteiger partial charge in [-0.2, -0.15) is 13.2 Å². The molecule has 1 aromatic carbocycles. The number of fused-ring (bicyclic) bond motifs is 1. The molecule has 1 N–H and O–H groups in total. The first-order valence-corrected chi connectivity index (χ1v) is 8.25. The van der Waals surface area contributed by atoms with Crippen molar-refractivity contribution in [3.63, 3.8) is 0 Å². The summed E-state index contributed by atoms with van der Waals surface area (Å²) in [4.78, 5) is 20.4. The number of pyridine rings is 1. The van der Waals surface area contributed by atoms with Crippen molar-refractivity contribution >= 4 is 22.7 Å². The summed E-state index contributed by atoms with van der Waals surface area (Å²) in [5.74, 6) is -0.0926. The molecule has 3 aromatic rings. The lowest BCUT2D eigenvalue weighted by Crippen LogP contribution is -2.20. The second-order valence-electron chi connectivity index (χ2n) is 7.41. The molecule has 0 bridgehead atoms. The summed E-state index contributed by atoms with van der Waals surface area (Å²) in [5.41, 5.74) is 0.137. The average molecular weight is 377 g/mol. The Bertz CT molecular complexity index is 988. The summed E-state index contributed by atoms with van der Waals surface area (Å²) in [6.07, 6.45) is -1.23. The number of halogens is 3. The summed E-state index contributed by atoms with van der Waals surface area (Å²) < 4.78 is 44.2. The monoisotopic (exact) mass is 377 g/mol. The van der Waals surface area contributed by atoms with Gasteiger partial charge >= 0.3 is 6.18 Å². The van der Waals surface area contributed by atoms with Crippen LogP contribution in [0.1, 0.15) is 32.8 Å². The molecule has 2 aromatic heterocycles. The SMILES string of the molecule is CC(C)(C)CC(=O)Nc1cnccc1-c1nc2cc(C(F)(F)F)ccc2o1. The van der Waals surface area contributed by atoms with E-state index in [-0.39, 0.29) is 28.3 Å². The number of oxazole rings is 1. The predicted octanol–water partition coefficient (Wildman–Crippen LogP) is 5.28. The zero-order valence-electron chi connectivity index (χ0n) is 15.0. The molecule has 2 heterocycles. The molecule has 0 fully saturated rings. The van der Waals surface area contributed by atoms with Gasteiger partial charge < -0.3 is 9.73 Å². The highest BCUT2D eigenvalue weighted by Gasteiger charge is 2.31. The zero-order valence-corrected chi connectivity index (χ0v) is 15.0. The standard InChI is InChI=1S/C19H18F3N3O2/c1-18(2,3)9-16(26)24-14-10-23-7-6-12(14)17-25-13-8-11(19(20,21)22)4-5-15(13)27-17/h4-8,10H,9H2,1-3H3,(H,24,26). The predicted molar refractivity (Wildman–Crippen MR) is 94.9 cm³/mol. The topological polar surface area (TPSA) is 68.0 Å². The lowest BCUT2D eigenvalue weighted by atomic mass is 9.92. The summed E-state index contributed by atoms with van der Waals surface area (Å²) >= 11 is 0. The van der Waals surface area contributed by atoms with E-state index in [0.717, 1.165) is 12.1 Å². The molecule has 0 atom stereocenters. The quantitative estimate of drug-likeness (QED) is 0.674. The molecule has 0 saturated heterocycles. The number of alkyl halides is 3. The average Bonchev–Trinajstić information content (AvgIpc) is 2.95. The molecule has 0 aliphatic rings. The molecule has 3 rings (SSSR count). The van der Waals surface area contributed by atoms with Crippen molar-refractivity contribution in [3.05, 3.63) is 42.2 Å². The van der Waals surface area contributed by atoms with Crippen LogP contribution in [0, 0.1) is 5.41 Å². The number of hydrogen-bond donors (Lipinski definition) is 1. The highest BCUT2D eigenvalue weighted by Crippen LogP contribution is 2.34. The molecule has 27 heavy (non-hydrogen) atoms. The number of anilines is 1. The second-order valence-corrected chi connectivity index (χ2v) is 7.41. The van der Waals surface area contributed by atoms with Gasteiger partial charge in [0.1, 0.15) is 5.52 Å². The maximum atomic E-state index is 12.9. The van der Waals surface area contributed by atoms with Gasteiger partial charge in [-0.3, -0.25) is 9.78 Å². The van der Waals surface area contributed by atoms with Crippen molar-refractivity contribution in [2.24, 2.45) is 5.41 Å². The van der Waals surface area contributed by atoms with E-state index in [0.29, 0.717) is 17.7 Å². The Morgan fingerprint density at radius 3 is 2.59 bits per heavy atom. The molecule has 0 aliphatic heterocycles. The molecule has 0 unspecified atom stereocenters. The number of benzene rings is 1. The minimum atomic E-state index is -4.46. The molecule has 0 spiro atoms. The van der Waals surface area contributed by atoms with Crippen molar-refractivity contribution in [1.29, 1.82) is 0 Å². The van der Waals surface area contributed by atoms with Crippen LogP contribution in [0.3, 0.4) is 0 Å². The van der Waals surface area contributed by atoms with Gasteiger partial charge in [0, 0.05) is 12.6 Å². The first-order valence-electron chi connectivity index (χ1n) is 8.25. The van der Waals surface area contributed by atoms with Crippen molar-refractivity contribution < 1.29 is 22.4 Å². The number of carbonyl (C=O) groups is 1. The Hall–Kier alpha value is -2.90. The highest BCUT2D eigenvalue weighted by molar-refractivity contribution is 5.95. The van der Waals surface area contributed by atoms with E-state index in [9.17, 15) is 18.0 Å². The van der Waals surface area contributed by atoms with Gasteiger partial charge in [0.2, 0.25) is 11.8 Å². The van der Waals surface area contributed by atoms with Crippen molar-refractivity contribution in [3.8, 4) is 11.5 Å². The van der Waals surface area contributed by atoms with E-state index in [1.165, 1.54) is 18.5 Å². The van der Waals surface area contributed by atoms with E-state index in [4.69, 9.17) is 4.42 Å². The summed E-state index contributed by atoms with van der Waals surface area (Å²) in [6.45, 7) is 5.82. The van der Waals surface area contributed by atoms with Crippen molar-refractivity contribution in [2.75, 3.05) is 5.32 Å². The fourth-order valence-electron chi connectivity index (χ4n) is 2.58. The highest BCUT2D eigenvalue weighted by atomic mass is 19.4. The largest absolute Gasteiger partial charge is 0.436 e. The van der Waals surface area contributed by atoms with Crippen LogP contribution in [0.4, 0.5) is 18.9 Å². The van der Waals surface area contributed by atoms with Crippen LogP contribution < -0.4 is 5.32 Å². The smallest absolute Gasteiger partial charge is 0.416 e. The first-order chi connectivity index (χ1) is 12.5. The molecule has 0 radical (unpaired) electrons. The Morgan fingerprint density at radius 2 is 1.93 bits per heavy atom. The van der Waals surface area contributed by atoms with E-state index in [2.05, 4.69) is 15.3 Å². The Balaban J connectivity index is 1.96. The number of rotatable bonds is 3. The van der Waals surface area contributed by atoms with Gasteiger partial charge in [0.05, 0.1) is 23.0 Å². The number of amides is 1. The molecular formula is C19H18F3N3O2. The number of carbonyl (C=O) groups excluding carboxylic acids is 1. The molecule has 0 saturated carbocycles. The van der Waals surface area contributed by atoms with Gasteiger partial charge in [-0.1, -0.05) is 20.8 Å². The fraction of sp³-hybridized carbons (Fsp3) is 0.316.